The third-order valence-corrected chi connectivity index (χ3v) is 7.25. The van der Waals surface area contributed by atoms with Crippen LogP contribution in [0.3, 0.4) is 0 Å². The molecule has 3 aliphatic heterocycles. The normalized spacial score (nSPS) is 38.1. The van der Waals surface area contributed by atoms with Crippen LogP contribution in [-0.2, 0) is 19.1 Å². The number of carbonyl (C=O) groups is 3. The number of nitrogens with zero attached hydrogens (tertiary/aromatic N) is 1. The van der Waals surface area contributed by atoms with E-state index in [9.17, 15) is 14.4 Å². The van der Waals surface area contributed by atoms with Crippen LogP contribution < -0.4 is 10.6 Å². The van der Waals surface area contributed by atoms with Crippen LogP contribution in [0.5, 0.6) is 0 Å². The van der Waals surface area contributed by atoms with Crippen LogP contribution in [0, 0.1) is 11.8 Å². The molecule has 0 aromatic carbocycles. The number of rotatable bonds is 4. The van der Waals surface area contributed by atoms with Crippen LogP contribution in [0.25, 0.3) is 0 Å². The number of nitrogens with one attached hydrogen (secondary N) is 2. The molecular weight excluding hydrogens is 382 g/mol. The zero-order valence-electron chi connectivity index (χ0n) is 18.1. The first-order valence-electron chi connectivity index (χ1n) is 11.5. The lowest BCUT2D eigenvalue weighted by atomic mass is 9.74. The van der Waals surface area contributed by atoms with E-state index in [-0.39, 0.29) is 29.8 Å². The van der Waals surface area contributed by atoms with Crippen LogP contribution in [0.15, 0.2) is 12.2 Å². The summed E-state index contributed by atoms with van der Waals surface area (Å²) in [7, 11) is 0. The second-order valence-electron chi connectivity index (χ2n) is 10.8. The van der Waals surface area contributed by atoms with E-state index in [2.05, 4.69) is 10.6 Å². The highest BCUT2D eigenvalue weighted by Gasteiger charge is 2.74. The Bertz CT molecular complexity index is 793. The summed E-state index contributed by atoms with van der Waals surface area (Å²) in [5.41, 5.74) is -1.45. The average molecular weight is 416 g/mol. The third-order valence-electron chi connectivity index (χ3n) is 7.25. The Morgan fingerprint density at radius 3 is 2.43 bits per heavy atom. The van der Waals surface area contributed by atoms with E-state index in [1.165, 1.54) is 6.42 Å². The summed E-state index contributed by atoms with van der Waals surface area (Å²) in [6, 6.07) is -0.455. The standard InChI is InChI=1S/C23H33N3O4/c1-22(2,3)25-20(28)18-23-12-11-15(30-23)16(17(23)21(29)26(18)14-9-10-14)19(27)24-13-7-5-4-6-8-13/h11-18H,4-10H2,1-3H3,(H,24,27)(H,25,28)/t15-,16+,17+,18-,23+/m0/s1. The first kappa shape index (κ1) is 20.0. The fourth-order valence-electron chi connectivity index (χ4n) is 5.93. The predicted molar refractivity (Wildman–Crippen MR) is 110 cm³/mol. The van der Waals surface area contributed by atoms with Crippen LogP contribution in [0.1, 0.15) is 65.7 Å². The molecule has 2 N–H and O–H groups in total. The van der Waals surface area contributed by atoms with Crippen LogP contribution in [-0.4, -0.2) is 58.0 Å². The molecule has 2 saturated carbocycles. The van der Waals surface area contributed by atoms with E-state index < -0.39 is 35.1 Å². The minimum Gasteiger partial charge on any atom is -0.359 e. The van der Waals surface area contributed by atoms with Crippen molar-refractivity contribution in [1.29, 1.82) is 0 Å². The monoisotopic (exact) mass is 415 g/mol. The number of hydrogen-bond acceptors (Lipinski definition) is 4. The third kappa shape index (κ3) is 3.08. The van der Waals surface area contributed by atoms with Gasteiger partial charge in [-0.15, -0.1) is 0 Å². The van der Waals surface area contributed by atoms with E-state index in [1.807, 2.05) is 32.9 Å². The molecule has 2 saturated heterocycles. The van der Waals surface area contributed by atoms with Crippen molar-refractivity contribution >= 4 is 17.7 Å². The molecule has 30 heavy (non-hydrogen) atoms. The lowest BCUT2D eigenvalue weighted by molar-refractivity contribution is -0.143. The smallest absolute Gasteiger partial charge is 0.246 e. The van der Waals surface area contributed by atoms with Crippen molar-refractivity contribution in [2.75, 3.05) is 0 Å². The quantitative estimate of drug-likeness (QED) is 0.684. The number of likely N-dealkylation sites (tertiary alicyclic amines) is 1. The summed E-state index contributed by atoms with van der Waals surface area (Å²) in [4.78, 5) is 42.0. The van der Waals surface area contributed by atoms with Gasteiger partial charge in [-0.05, 0) is 46.5 Å². The summed E-state index contributed by atoms with van der Waals surface area (Å²) < 4.78 is 6.34. The molecule has 0 unspecified atom stereocenters. The lowest BCUT2D eigenvalue weighted by Crippen LogP contribution is -2.58. The maximum absolute atomic E-state index is 13.6. The molecule has 2 bridgehead atoms. The van der Waals surface area contributed by atoms with E-state index in [1.54, 1.807) is 4.90 Å². The van der Waals surface area contributed by atoms with E-state index in [4.69, 9.17) is 4.74 Å². The van der Waals surface area contributed by atoms with Gasteiger partial charge in [0, 0.05) is 17.6 Å². The fraction of sp³-hybridized carbons (Fsp3) is 0.783. The molecule has 5 atom stereocenters. The van der Waals surface area contributed by atoms with Gasteiger partial charge in [0.15, 0.2) is 0 Å². The van der Waals surface area contributed by atoms with Crippen molar-refractivity contribution in [2.24, 2.45) is 11.8 Å². The van der Waals surface area contributed by atoms with Gasteiger partial charge in [0.05, 0.1) is 17.9 Å². The van der Waals surface area contributed by atoms with Crippen molar-refractivity contribution in [2.45, 2.75) is 101 Å². The topological polar surface area (TPSA) is 87.7 Å². The average Bonchev–Trinajstić information content (AvgIpc) is 3.26. The Morgan fingerprint density at radius 1 is 1.10 bits per heavy atom. The molecule has 5 rings (SSSR count). The Kier molecular flexibility index (Phi) is 4.55. The Morgan fingerprint density at radius 2 is 1.80 bits per heavy atom. The van der Waals surface area contributed by atoms with Gasteiger partial charge in [-0.3, -0.25) is 14.4 Å². The van der Waals surface area contributed by atoms with E-state index in [0.717, 1.165) is 38.5 Å². The molecule has 4 fully saturated rings. The molecule has 5 aliphatic rings. The van der Waals surface area contributed by atoms with Gasteiger partial charge in [-0.25, -0.2) is 0 Å². The Hall–Kier alpha value is -1.89. The highest BCUT2D eigenvalue weighted by molar-refractivity contribution is 6.00. The highest BCUT2D eigenvalue weighted by Crippen LogP contribution is 2.57. The lowest BCUT2D eigenvalue weighted by Gasteiger charge is -2.34. The van der Waals surface area contributed by atoms with Gasteiger partial charge >= 0.3 is 0 Å². The van der Waals surface area contributed by atoms with Crippen molar-refractivity contribution in [1.82, 2.24) is 15.5 Å². The minimum atomic E-state index is -1.03. The van der Waals surface area contributed by atoms with Gasteiger partial charge in [-0.1, -0.05) is 31.4 Å². The van der Waals surface area contributed by atoms with Gasteiger partial charge in [0.2, 0.25) is 17.7 Å². The molecule has 0 radical (unpaired) electrons. The zero-order valence-corrected chi connectivity index (χ0v) is 18.1. The van der Waals surface area contributed by atoms with Gasteiger partial charge < -0.3 is 20.3 Å². The molecular formula is C23H33N3O4. The largest absolute Gasteiger partial charge is 0.359 e. The van der Waals surface area contributed by atoms with Crippen molar-refractivity contribution < 1.29 is 19.1 Å². The van der Waals surface area contributed by atoms with Gasteiger partial charge in [0.1, 0.15) is 11.6 Å². The maximum atomic E-state index is 13.6. The highest BCUT2D eigenvalue weighted by atomic mass is 16.5. The number of ether oxygens (including phenoxy) is 1. The zero-order chi connectivity index (χ0) is 21.3. The second kappa shape index (κ2) is 6.81. The molecule has 0 aromatic rings. The second-order valence-corrected chi connectivity index (χ2v) is 10.8. The molecule has 0 aromatic heterocycles. The summed E-state index contributed by atoms with van der Waals surface area (Å²) in [6.45, 7) is 5.80. The molecule has 7 heteroatoms. The van der Waals surface area contributed by atoms with Gasteiger partial charge in [0.25, 0.3) is 0 Å². The summed E-state index contributed by atoms with van der Waals surface area (Å²) in [5, 5.41) is 6.24. The van der Waals surface area contributed by atoms with Crippen LogP contribution in [0.4, 0.5) is 0 Å². The first-order chi connectivity index (χ1) is 14.2. The van der Waals surface area contributed by atoms with Crippen molar-refractivity contribution in [3.05, 3.63) is 12.2 Å². The summed E-state index contributed by atoms with van der Waals surface area (Å²) in [6.07, 6.45) is 10.6. The number of amides is 3. The summed E-state index contributed by atoms with van der Waals surface area (Å²) in [5.74, 6) is -1.55. The van der Waals surface area contributed by atoms with Crippen molar-refractivity contribution in [3.63, 3.8) is 0 Å². The van der Waals surface area contributed by atoms with E-state index >= 15 is 0 Å². The van der Waals surface area contributed by atoms with Crippen LogP contribution in [0.2, 0.25) is 0 Å². The maximum Gasteiger partial charge on any atom is 0.246 e. The molecule has 3 heterocycles. The molecule has 164 valence electrons. The Labute approximate surface area is 178 Å². The molecule has 3 amide bonds. The molecule has 1 spiro atoms. The molecule has 7 nitrogen and oxygen atoms in total. The number of carbonyl (C=O) groups excluding carboxylic acids is 3. The minimum absolute atomic E-state index is 0.0753. The van der Waals surface area contributed by atoms with E-state index in [0.29, 0.717) is 0 Å². The van der Waals surface area contributed by atoms with Crippen LogP contribution >= 0.6 is 0 Å². The fourth-order valence-corrected chi connectivity index (χ4v) is 5.93. The first-order valence-corrected chi connectivity index (χ1v) is 11.5. The van der Waals surface area contributed by atoms with Gasteiger partial charge in [-0.2, -0.15) is 0 Å². The Balaban J connectivity index is 1.44. The number of hydrogen-bond donors (Lipinski definition) is 2. The predicted octanol–water partition coefficient (Wildman–Crippen LogP) is 1.66. The number of fused-ring (bicyclic) bond motifs is 1. The summed E-state index contributed by atoms with van der Waals surface area (Å²) >= 11 is 0. The van der Waals surface area contributed by atoms with Crippen molar-refractivity contribution in [3.8, 4) is 0 Å². The SMILES string of the molecule is CC(C)(C)NC(=O)[C@@H]1N(C2CC2)C(=O)[C@H]2[C@H](C(=O)NC3CCCCC3)[C@@H]3C=C[C@]12O3. The molecule has 2 aliphatic carbocycles.